The summed E-state index contributed by atoms with van der Waals surface area (Å²) < 4.78 is 43.0. The van der Waals surface area contributed by atoms with Gasteiger partial charge in [-0.2, -0.15) is 8.42 Å². The van der Waals surface area contributed by atoms with Crippen molar-refractivity contribution in [3.8, 4) is 5.75 Å². The Kier molecular flexibility index (Phi) is 4.32. The fourth-order valence-electron chi connectivity index (χ4n) is 2.18. The molecule has 1 aliphatic rings. The van der Waals surface area contributed by atoms with Crippen molar-refractivity contribution >= 4 is 16.6 Å². The maximum atomic E-state index is 12.5. The minimum Gasteiger partial charge on any atom is -0.444 e. The second kappa shape index (κ2) is 5.75. The largest absolute Gasteiger partial charge is 0.488 e. The van der Waals surface area contributed by atoms with Crippen LogP contribution in [-0.4, -0.2) is 31.6 Å². The lowest BCUT2D eigenvalue weighted by atomic mass is 10.00. The number of rotatable bonds is 2. The average Bonchev–Trinajstić information content (AvgIpc) is 2.34. The molecule has 1 amide bonds. The molecule has 22 heavy (non-hydrogen) atoms. The first-order chi connectivity index (χ1) is 10.0. The standard InChI is InChI=1S/C14H18FNO5S/c1-14(2,3)20-13(17)16-7-6-10-8-12(21-22(15,18)19)5-4-11(10)9-16/h4-5,8H,6-7,9H2,1-3H3. The van der Waals surface area contributed by atoms with Crippen LogP contribution in [0.5, 0.6) is 5.75 Å². The molecule has 0 bridgehead atoms. The van der Waals surface area contributed by atoms with E-state index in [1.165, 1.54) is 12.1 Å². The molecule has 0 radical (unpaired) electrons. The van der Waals surface area contributed by atoms with Crippen LogP contribution in [0, 0.1) is 0 Å². The van der Waals surface area contributed by atoms with Crippen molar-refractivity contribution in [2.75, 3.05) is 6.54 Å². The summed E-state index contributed by atoms with van der Waals surface area (Å²) >= 11 is 0. The molecule has 0 atom stereocenters. The molecule has 1 aliphatic heterocycles. The molecule has 0 N–H and O–H groups in total. The first kappa shape index (κ1) is 16.5. The first-order valence-corrected chi connectivity index (χ1v) is 8.08. The van der Waals surface area contributed by atoms with Gasteiger partial charge in [-0.05, 0) is 50.5 Å². The van der Waals surface area contributed by atoms with Crippen LogP contribution < -0.4 is 4.18 Å². The number of hydrogen-bond donors (Lipinski definition) is 0. The summed E-state index contributed by atoms with van der Waals surface area (Å²) in [5.74, 6) is -0.0769. The number of fused-ring (bicyclic) bond motifs is 1. The van der Waals surface area contributed by atoms with E-state index in [9.17, 15) is 17.1 Å². The number of carbonyl (C=O) groups is 1. The molecule has 0 fully saturated rings. The van der Waals surface area contributed by atoms with Crippen molar-refractivity contribution in [2.45, 2.75) is 39.3 Å². The number of hydrogen-bond acceptors (Lipinski definition) is 5. The van der Waals surface area contributed by atoms with Crippen LogP contribution in [0.1, 0.15) is 31.9 Å². The maximum absolute atomic E-state index is 12.5. The van der Waals surface area contributed by atoms with Gasteiger partial charge in [-0.1, -0.05) is 9.95 Å². The van der Waals surface area contributed by atoms with E-state index >= 15 is 0 Å². The van der Waals surface area contributed by atoms with E-state index in [-0.39, 0.29) is 5.75 Å². The Morgan fingerprint density at radius 1 is 1.27 bits per heavy atom. The monoisotopic (exact) mass is 331 g/mol. The molecule has 0 aliphatic carbocycles. The lowest BCUT2D eigenvalue weighted by Gasteiger charge is -2.31. The zero-order valence-electron chi connectivity index (χ0n) is 12.6. The fourth-order valence-corrected chi connectivity index (χ4v) is 2.51. The Hall–Kier alpha value is -1.83. The zero-order valence-corrected chi connectivity index (χ0v) is 13.4. The molecule has 2 rings (SSSR count). The fraction of sp³-hybridized carbons (Fsp3) is 0.500. The maximum Gasteiger partial charge on any atom is 0.488 e. The molecule has 122 valence electrons. The van der Waals surface area contributed by atoms with Crippen molar-refractivity contribution in [3.05, 3.63) is 29.3 Å². The number of benzene rings is 1. The molecular formula is C14H18FNO5S. The molecule has 0 spiro atoms. The Morgan fingerprint density at radius 3 is 2.55 bits per heavy atom. The van der Waals surface area contributed by atoms with Gasteiger partial charge in [-0.15, -0.1) is 0 Å². The Morgan fingerprint density at radius 2 is 1.95 bits per heavy atom. The molecule has 1 aromatic carbocycles. The van der Waals surface area contributed by atoms with Gasteiger partial charge in [0.1, 0.15) is 11.4 Å². The van der Waals surface area contributed by atoms with Gasteiger partial charge in [-0.25, -0.2) is 4.79 Å². The smallest absolute Gasteiger partial charge is 0.444 e. The van der Waals surface area contributed by atoms with Gasteiger partial charge in [0.15, 0.2) is 0 Å². The number of nitrogens with zero attached hydrogens (tertiary/aromatic N) is 1. The molecule has 6 nitrogen and oxygen atoms in total. The van der Waals surface area contributed by atoms with Gasteiger partial charge < -0.3 is 13.8 Å². The molecular weight excluding hydrogens is 313 g/mol. The van der Waals surface area contributed by atoms with Crippen LogP contribution in [0.2, 0.25) is 0 Å². The van der Waals surface area contributed by atoms with Crippen LogP contribution >= 0.6 is 0 Å². The van der Waals surface area contributed by atoms with E-state index in [1.54, 1.807) is 31.7 Å². The molecule has 0 aromatic heterocycles. The minimum absolute atomic E-state index is 0.0769. The van der Waals surface area contributed by atoms with E-state index in [0.29, 0.717) is 19.5 Å². The van der Waals surface area contributed by atoms with Crippen LogP contribution in [0.4, 0.5) is 8.68 Å². The molecule has 0 unspecified atom stereocenters. The van der Waals surface area contributed by atoms with Crippen LogP contribution in [-0.2, 0) is 28.2 Å². The summed E-state index contributed by atoms with van der Waals surface area (Å²) in [6.45, 7) is 6.18. The summed E-state index contributed by atoms with van der Waals surface area (Å²) in [4.78, 5) is 13.6. The average molecular weight is 331 g/mol. The molecule has 1 heterocycles. The zero-order chi connectivity index (χ0) is 16.5. The second-order valence-corrected chi connectivity index (χ2v) is 7.01. The predicted octanol–water partition coefficient (Wildman–Crippen LogP) is 2.57. The summed E-state index contributed by atoms with van der Waals surface area (Å²) in [6, 6.07) is 4.44. The SMILES string of the molecule is CC(C)(C)OC(=O)N1CCc2cc(OS(=O)(=O)F)ccc2C1. The van der Waals surface area contributed by atoms with Crippen molar-refractivity contribution < 1.29 is 26.0 Å². The highest BCUT2D eigenvalue weighted by atomic mass is 32.3. The number of ether oxygens (including phenoxy) is 1. The van der Waals surface area contributed by atoms with Crippen molar-refractivity contribution in [1.82, 2.24) is 4.90 Å². The third-order valence-corrected chi connectivity index (χ3v) is 3.43. The molecule has 0 saturated heterocycles. The third kappa shape index (κ3) is 4.59. The summed E-state index contributed by atoms with van der Waals surface area (Å²) in [6.07, 6.45) is 0.114. The van der Waals surface area contributed by atoms with Crippen molar-refractivity contribution in [3.63, 3.8) is 0 Å². The van der Waals surface area contributed by atoms with E-state index in [0.717, 1.165) is 11.1 Å². The normalized spacial score (nSPS) is 15.2. The lowest BCUT2D eigenvalue weighted by Crippen LogP contribution is -2.39. The minimum atomic E-state index is -5.03. The predicted molar refractivity (Wildman–Crippen MR) is 77.4 cm³/mol. The Balaban J connectivity index is 2.10. The first-order valence-electron chi connectivity index (χ1n) is 6.77. The highest BCUT2D eigenvalue weighted by Crippen LogP contribution is 2.25. The van der Waals surface area contributed by atoms with E-state index < -0.39 is 22.2 Å². The summed E-state index contributed by atoms with van der Waals surface area (Å²) in [5, 5.41) is 0. The topological polar surface area (TPSA) is 72.9 Å². The van der Waals surface area contributed by atoms with E-state index in [2.05, 4.69) is 4.18 Å². The molecule has 0 saturated carbocycles. The Labute approximate surface area is 129 Å². The number of carbonyl (C=O) groups excluding carboxylic acids is 1. The van der Waals surface area contributed by atoms with Crippen LogP contribution in [0.15, 0.2) is 18.2 Å². The molecule has 8 heteroatoms. The highest BCUT2D eigenvalue weighted by Gasteiger charge is 2.26. The number of halogens is 1. The van der Waals surface area contributed by atoms with Crippen LogP contribution in [0.3, 0.4) is 0 Å². The van der Waals surface area contributed by atoms with Crippen molar-refractivity contribution in [2.24, 2.45) is 0 Å². The van der Waals surface area contributed by atoms with Gasteiger partial charge in [0.25, 0.3) is 0 Å². The summed E-state index contributed by atoms with van der Waals surface area (Å²) in [7, 11) is -5.03. The third-order valence-electron chi connectivity index (χ3n) is 3.04. The van der Waals surface area contributed by atoms with Gasteiger partial charge >= 0.3 is 16.6 Å². The van der Waals surface area contributed by atoms with Gasteiger partial charge in [-0.3, -0.25) is 0 Å². The van der Waals surface area contributed by atoms with Gasteiger partial charge in [0.2, 0.25) is 0 Å². The van der Waals surface area contributed by atoms with E-state index in [1.807, 2.05) is 0 Å². The van der Waals surface area contributed by atoms with Crippen LogP contribution in [0.25, 0.3) is 0 Å². The van der Waals surface area contributed by atoms with Gasteiger partial charge in [0.05, 0.1) is 0 Å². The Bertz CT molecular complexity index is 681. The lowest BCUT2D eigenvalue weighted by molar-refractivity contribution is 0.0224. The highest BCUT2D eigenvalue weighted by molar-refractivity contribution is 7.81. The van der Waals surface area contributed by atoms with Crippen molar-refractivity contribution in [1.29, 1.82) is 0 Å². The second-order valence-electron chi connectivity index (χ2n) is 6.06. The quantitative estimate of drug-likeness (QED) is 0.779. The van der Waals surface area contributed by atoms with E-state index in [4.69, 9.17) is 4.74 Å². The summed E-state index contributed by atoms with van der Waals surface area (Å²) in [5.41, 5.74) is 1.10. The van der Waals surface area contributed by atoms with Gasteiger partial charge in [0, 0.05) is 13.1 Å². The number of amides is 1. The molecule has 1 aromatic rings.